The fraction of sp³-hybridized carbons (Fsp3) is 0.625. The second kappa shape index (κ2) is 8.13. The Morgan fingerprint density at radius 3 is 2.95 bits per heavy atom. The van der Waals surface area contributed by atoms with Crippen molar-refractivity contribution < 1.29 is 9.84 Å². The van der Waals surface area contributed by atoms with E-state index in [-0.39, 0.29) is 0 Å². The zero-order valence-corrected chi connectivity index (χ0v) is 13.7. The van der Waals surface area contributed by atoms with Gasteiger partial charge in [-0.2, -0.15) is 0 Å². The van der Waals surface area contributed by atoms with E-state index in [1.165, 1.54) is 12.8 Å². The summed E-state index contributed by atoms with van der Waals surface area (Å²) < 4.78 is 6.49. The molecule has 0 aliphatic carbocycles. The smallest absolute Gasteiger partial charge is 0.0813 e. The van der Waals surface area contributed by atoms with Crippen molar-refractivity contribution in [2.75, 3.05) is 33.4 Å². The molecule has 1 heterocycles. The molecule has 0 amide bonds. The zero-order valence-electron chi connectivity index (χ0n) is 12.1. The van der Waals surface area contributed by atoms with Gasteiger partial charge in [0.1, 0.15) is 0 Å². The highest BCUT2D eigenvalue weighted by molar-refractivity contribution is 9.10. The summed E-state index contributed by atoms with van der Waals surface area (Å²) in [4.78, 5) is 2.30. The normalized spacial score (nSPS) is 21.1. The van der Waals surface area contributed by atoms with E-state index >= 15 is 0 Å². The van der Waals surface area contributed by atoms with Crippen LogP contribution in [-0.4, -0.2) is 43.4 Å². The zero-order chi connectivity index (χ0) is 14.4. The second-order valence-electron chi connectivity index (χ2n) is 5.67. The molecule has 4 heteroatoms. The Bertz CT molecular complexity index is 407. The quantitative estimate of drug-likeness (QED) is 0.862. The number of rotatable bonds is 6. The number of aliphatic hydroxyl groups excluding tert-OH is 1. The van der Waals surface area contributed by atoms with Crippen LogP contribution in [0.5, 0.6) is 0 Å². The minimum absolute atomic E-state index is 0.407. The van der Waals surface area contributed by atoms with Crippen LogP contribution >= 0.6 is 15.9 Å². The van der Waals surface area contributed by atoms with Crippen LogP contribution in [0.25, 0.3) is 0 Å². The summed E-state index contributed by atoms with van der Waals surface area (Å²) in [6, 6.07) is 7.88. The van der Waals surface area contributed by atoms with Gasteiger partial charge in [-0.25, -0.2) is 0 Å². The van der Waals surface area contributed by atoms with Crippen molar-refractivity contribution in [3.05, 3.63) is 34.3 Å². The monoisotopic (exact) mass is 341 g/mol. The Morgan fingerprint density at radius 1 is 1.45 bits per heavy atom. The number of hydrogen-bond donors (Lipinski definition) is 1. The van der Waals surface area contributed by atoms with Crippen molar-refractivity contribution in [2.24, 2.45) is 5.92 Å². The Labute approximate surface area is 130 Å². The molecule has 2 rings (SSSR count). The lowest BCUT2D eigenvalue weighted by Crippen LogP contribution is -2.32. The second-order valence-corrected chi connectivity index (χ2v) is 6.53. The first-order valence-electron chi connectivity index (χ1n) is 7.35. The van der Waals surface area contributed by atoms with Crippen LogP contribution in [0.1, 0.15) is 30.9 Å². The van der Waals surface area contributed by atoms with E-state index in [1.54, 1.807) is 0 Å². The average Bonchev–Trinajstić information content (AvgIpc) is 2.46. The van der Waals surface area contributed by atoms with Gasteiger partial charge in [0.15, 0.2) is 0 Å². The van der Waals surface area contributed by atoms with E-state index in [4.69, 9.17) is 4.74 Å². The molecule has 0 radical (unpaired) electrons. The fourth-order valence-electron chi connectivity index (χ4n) is 2.73. The van der Waals surface area contributed by atoms with Gasteiger partial charge in [-0.15, -0.1) is 0 Å². The maximum absolute atomic E-state index is 10.3. The van der Waals surface area contributed by atoms with Crippen molar-refractivity contribution in [3.8, 4) is 0 Å². The highest BCUT2D eigenvalue weighted by atomic mass is 79.9. The van der Waals surface area contributed by atoms with E-state index < -0.39 is 6.10 Å². The lowest BCUT2D eigenvalue weighted by atomic mass is 10.0. The van der Waals surface area contributed by atoms with E-state index in [1.807, 2.05) is 24.3 Å². The minimum atomic E-state index is -0.407. The Kier molecular flexibility index (Phi) is 6.49. The molecule has 1 N–H and O–H groups in total. The molecule has 112 valence electrons. The molecular weight excluding hydrogens is 318 g/mol. The minimum Gasteiger partial charge on any atom is -0.388 e. The van der Waals surface area contributed by atoms with Crippen LogP contribution in [0.15, 0.2) is 28.7 Å². The summed E-state index contributed by atoms with van der Waals surface area (Å²) in [7, 11) is 2.13. The van der Waals surface area contributed by atoms with Gasteiger partial charge >= 0.3 is 0 Å². The molecule has 20 heavy (non-hydrogen) atoms. The van der Waals surface area contributed by atoms with Gasteiger partial charge in [0.05, 0.1) is 12.7 Å². The van der Waals surface area contributed by atoms with Crippen LogP contribution in [0.4, 0.5) is 0 Å². The Balaban J connectivity index is 1.75. The van der Waals surface area contributed by atoms with Gasteiger partial charge in [0.2, 0.25) is 0 Å². The number of aliphatic hydroxyl groups is 1. The van der Waals surface area contributed by atoms with Crippen molar-refractivity contribution in [1.82, 2.24) is 4.90 Å². The number of nitrogens with zero attached hydrogens (tertiary/aromatic N) is 1. The lowest BCUT2D eigenvalue weighted by molar-refractivity contribution is 0.0399. The van der Waals surface area contributed by atoms with E-state index in [2.05, 4.69) is 27.9 Å². The summed E-state index contributed by atoms with van der Waals surface area (Å²) in [5, 5.41) is 10.3. The van der Waals surface area contributed by atoms with Crippen molar-refractivity contribution in [1.29, 1.82) is 0 Å². The third-order valence-electron chi connectivity index (χ3n) is 3.87. The van der Waals surface area contributed by atoms with E-state index in [0.29, 0.717) is 5.92 Å². The van der Waals surface area contributed by atoms with Crippen LogP contribution in [0, 0.1) is 5.92 Å². The maximum atomic E-state index is 10.3. The molecule has 1 fully saturated rings. The summed E-state index contributed by atoms with van der Waals surface area (Å²) in [5.41, 5.74) is 0.974. The number of halogens is 1. The molecule has 0 bridgehead atoms. The van der Waals surface area contributed by atoms with Crippen LogP contribution in [-0.2, 0) is 4.74 Å². The third kappa shape index (κ3) is 4.85. The van der Waals surface area contributed by atoms with E-state index in [0.717, 1.165) is 42.8 Å². The number of benzene rings is 1. The average molecular weight is 342 g/mol. The Morgan fingerprint density at radius 2 is 2.25 bits per heavy atom. The highest BCUT2D eigenvalue weighted by Crippen LogP contribution is 2.25. The Hall–Kier alpha value is -0.420. The van der Waals surface area contributed by atoms with Gasteiger partial charge in [-0.05, 0) is 43.9 Å². The molecule has 1 saturated heterocycles. The van der Waals surface area contributed by atoms with Crippen molar-refractivity contribution in [3.63, 3.8) is 0 Å². The first-order chi connectivity index (χ1) is 9.66. The molecule has 0 aromatic heterocycles. The third-order valence-corrected chi connectivity index (χ3v) is 4.60. The lowest BCUT2D eigenvalue weighted by Gasteiger charge is -2.27. The standard InChI is InChI=1S/C16H24BrNO2/c1-18(11-13-5-4-10-20-12-13)9-8-16(19)14-6-2-3-7-15(14)17/h2-3,6-7,13,16,19H,4-5,8-12H2,1H3. The first-order valence-corrected chi connectivity index (χ1v) is 8.15. The predicted molar refractivity (Wildman–Crippen MR) is 84.8 cm³/mol. The molecule has 0 saturated carbocycles. The summed E-state index contributed by atoms with van der Waals surface area (Å²) >= 11 is 3.49. The SMILES string of the molecule is CN(CCC(O)c1ccccc1Br)CC1CCCOC1. The van der Waals surface area contributed by atoms with E-state index in [9.17, 15) is 5.11 Å². The molecule has 1 aromatic carbocycles. The fourth-order valence-corrected chi connectivity index (χ4v) is 3.28. The molecule has 1 aliphatic heterocycles. The molecule has 2 atom stereocenters. The van der Waals surface area contributed by atoms with Gasteiger partial charge in [-0.1, -0.05) is 34.1 Å². The molecular formula is C16H24BrNO2. The molecule has 1 aromatic rings. The van der Waals surface area contributed by atoms with Gasteiger partial charge in [0.25, 0.3) is 0 Å². The summed E-state index contributed by atoms with van der Waals surface area (Å²) in [6.07, 6.45) is 2.79. The van der Waals surface area contributed by atoms with Gasteiger partial charge in [-0.3, -0.25) is 0 Å². The van der Waals surface area contributed by atoms with Crippen LogP contribution in [0.2, 0.25) is 0 Å². The first kappa shape index (κ1) is 16.0. The molecule has 3 nitrogen and oxygen atoms in total. The van der Waals surface area contributed by atoms with Gasteiger partial charge < -0.3 is 14.7 Å². The van der Waals surface area contributed by atoms with Crippen molar-refractivity contribution >= 4 is 15.9 Å². The topological polar surface area (TPSA) is 32.7 Å². The van der Waals surface area contributed by atoms with Gasteiger partial charge in [0, 0.05) is 24.2 Å². The van der Waals surface area contributed by atoms with Crippen LogP contribution < -0.4 is 0 Å². The predicted octanol–water partition coefficient (Wildman–Crippen LogP) is 3.23. The maximum Gasteiger partial charge on any atom is 0.0813 e. The summed E-state index contributed by atoms with van der Waals surface area (Å²) in [6.45, 7) is 3.76. The largest absolute Gasteiger partial charge is 0.388 e. The number of ether oxygens (including phenoxy) is 1. The van der Waals surface area contributed by atoms with Crippen molar-refractivity contribution in [2.45, 2.75) is 25.4 Å². The molecule has 2 unspecified atom stereocenters. The number of hydrogen-bond acceptors (Lipinski definition) is 3. The summed E-state index contributed by atoms with van der Waals surface area (Å²) in [5.74, 6) is 0.648. The van der Waals surface area contributed by atoms with Crippen LogP contribution in [0.3, 0.4) is 0 Å². The highest BCUT2D eigenvalue weighted by Gasteiger charge is 2.17. The molecule has 0 spiro atoms. The molecule has 1 aliphatic rings.